The molecule has 1 aliphatic carbocycles. The molecule has 0 bridgehead atoms. The van der Waals surface area contributed by atoms with Gasteiger partial charge in [0.05, 0.1) is 11.8 Å². The van der Waals surface area contributed by atoms with Gasteiger partial charge in [0.2, 0.25) is 5.91 Å². The number of amides is 1. The number of hydrogen-bond donors (Lipinski definition) is 2. The van der Waals surface area contributed by atoms with E-state index in [0.717, 1.165) is 19.3 Å². The molecule has 3 atom stereocenters. The zero-order valence-corrected chi connectivity index (χ0v) is 12.7. The highest BCUT2D eigenvalue weighted by atomic mass is 16.4. The summed E-state index contributed by atoms with van der Waals surface area (Å²) in [6.45, 7) is 10.1. The summed E-state index contributed by atoms with van der Waals surface area (Å²) < 4.78 is 0. The molecule has 1 fully saturated rings. The molecule has 0 radical (unpaired) electrons. The van der Waals surface area contributed by atoms with Gasteiger partial charge in [0.1, 0.15) is 0 Å². The van der Waals surface area contributed by atoms with Gasteiger partial charge in [-0.3, -0.25) is 9.59 Å². The maximum atomic E-state index is 12.1. The van der Waals surface area contributed by atoms with Crippen LogP contribution in [0.3, 0.4) is 0 Å². The minimum atomic E-state index is -0.863. The van der Waals surface area contributed by atoms with Crippen LogP contribution in [0.25, 0.3) is 0 Å². The molecule has 4 nitrogen and oxygen atoms in total. The first-order chi connectivity index (χ1) is 8.67. The molecular formula is C15H27NO3. The molecule has 1 rings (SSSR count). The Kier molecular flexibility index (Phi) is 4.99. The van der Waals surface area contributed by atoms with E-state index in [1.807, 2.05) is 20.8 Å². The summed E-state index contributed by atoms with van der Waals surface area (Å²) in [5.41, 5.74) is -0.409. The Morgan fingerprint density at radius 2 is 1.74 bits per heavy atom. The molecule has 3 unspecified atom stereocenters. The van der Waals surface area contributed by atoms with Gasteiger partial charge in [0.25, 0.3) is 0 Å². The van der Waals surface area contributed by atoms with Crippen LogP contribution >= 0.6 is 0 Å². The molecule has 0 spiro atoms. The van der Waals surface area contributed by atoms with E-state index in [2.05, 4.69) is 19.2 Å². The third kappa shape index (κ3) is 3.95. The number of carboxylic acid groups (broad SMARTS) is 1. The molecule has 0 heterocycles. The van der Waals surface area contributed by atoms with Gasteiger partial charge in [-0.25, -0.2) is 0 Å². The Bertz CT molecular complexity index is 349. The van der Waals surface area contributed by atoms with Crippen molar-refractivity contribution in [2.24, 2.45) is 23.2 Å². The smallest absolute Gasteiger partial charge is 0.307 e. The van der Waals surface area contributed by atoms with Gasteiger partial charge in [-0.1, -0.05) is 40.5 Å². The van der Waals surface area contributed by atoms with Crippen LogP contribution in [0, 0.1) is 23.2 Å². The number of carboxylic acids is 1. The van der Waals surface area contributed by atoms with E-state index in [-0.39, 0.29) is 17.9 Å². The first-order valence-electron chi connectivity index (χ1n) is 7.21. The number of carbonyl (C=O) groups is 2. The average Bonchev–Trinajstić information content (AvgIpc) is 2.81. The second-order valence-electron chi connectivity index (χ2n) is 6.85. The van der Waals surface area contributed by atoms with Gasteiger partial charge in [-0.2, -0.15) is 0 Å². The van der Waals surface area contributed by atoms with Crippen LogP contribution in [-0.4, -0.2) is 23.0 Å². The van der Waals surface area contributed by atoms with E-state index < -0.39 is 17.3 Å². The average molecular weight is 269 g/mol. The maximum absolute atomic E-state index is 12.1. The molecule has 0 aliphatic heterocycles. The summed E-state index contributed by atoms with van der Waals surface area (Å²) >= 11 is 0. The monoisotopic (exact) mass is 269 g/mol. The van der Waals surface area contributed by atoms with E-state index >= 15 is 0 Å². The lowest BCUT2D eigenvalue weighted by molar-refractivity contribution is -0.140. The summed E-state index contributed by atoms with van der Waals surface area (Å²) in [7, 11) is 0. The highest BCUT2D eigenvalue weighted by molar-refractivity contribution is 5.91. The minimum absolute atomic E-state index is 0.102. The van der Waals surface area contributed by atoms with Crippen molar-refractivity contribution in [3.63, 3.8) is 0 Å². The van der Waals surface area contributed by atoms with Gasteiger partial charge in [-0.05, 0) is 24.7 Å². The Balaban J connectivity index is 2.38. The molecule has 0 aromatic carbocycles. The van der Waals surface area contributed by atoms with E-state index in [1.165, 1.54) is 0 Å². The fourth-order valence-electron chi connectivity index (χ4n) is 2.83. The normalized spacial score (nSPS) is 26.0. The standard InChI is InChI=1S/C15H27NO3/c1-9(2)7-6-8-10(3)16-13(17)11-12(14(18)19)15(11,4)5/h9-12H,6-8H2,1-5H3,(H,16,17)(H,18,19). The number of carbonyl (C=O) groups excluding carboxylic acids is 1. The Labute approximate surface area is 116 Å². The third-order valence-electron chi connectivity index (χ3n) is 4.18. The largest absolute Gasteiger partial charge is 0.481 e. The molecule has 110 valence electrons. The zero-order valence-electron chi connectivity index (χ0n) is 12.7. The maximum Gasteiger partial charge on any atom is 0.307 e. The fourth-order valence-corrected chi connectivity index (χ4v) is 2.83. The fraction of sp³-hybridized carbons (Fsp3) is 0.867. The van der Waals surface area contributed by atoms with Crippen LogP contribution in [-0.2, 0) is 9.59 Å². The van der Waals surface area contributed by atoms with Crippen LogP contribution in [0.4, 0.5) is 0 Å². The lowest BCUT2D eigenvalue weighted by atomic mass is 10.0. The van der Waals surface area contributed by atoms with Crippen LogP contribution in [0.15, 0.2) is 0 Å². The summed E-state index contributed by atoms with van der Waals surface area (Å²) in [4.78, 5) is 23.1. The van der Waals surface area contributed by atoms with Crippen molar-refractivity contribution < 1.29 is 14.7 Å². The highest BCUT2D eigenvalue weighted by Crippen LogP contribution is 2.58. The van der Waals surface area contributed by atoms with E-state index in [1.54, 1.807) is 0 Å². The highest BCUT2D eigenvalue weighted by Gasteiger charge is 2.65. The molecule has 0 aromatic rings. The predicted octanol–water partition coefficient (Wildman–Crippen LogP) is 2.67. The van der Waals surface area contributed by atoms with E-state index in [4.69, 9.17) is 5.11 Å². The second-order valence-corrected chi connectivity index (χ2v) is 6.85. The summed E-state index contributed by atoms with van der Waals surface area (Å²) in [6.07, 6.45) is 3.21. The summed E-state index contributed by atoms with van der Waals surface area (Å²) in [5, 5.41) is 12.0. The number of nitrogens with one attached hydrogen (secondary N) is 1. The molecule has 1 amide bonds. The second kappa shape index (κ2) is 5.93. The summed E-state index contributed by atoms with van der Waals surface area (Å²) in [6, 6.07) is 0.122. The number of hydrogen-bond acceptors (Lipinski definition) is 2. The predicted molar refractivity (Wildman–Crippen MR) is 74.7 cm³/mol. The molecule has 0 saturated heterocycles. The van der Waals surface area contributed by atoms with Crippen molar-refractivity contribution >= 4 is 11.9 Å². The van der Waals surface area contributed by atoms with Crippen molar-refractivity contribution in [2.45, 2.75) is 59.9 Å². The van der Waals surface area contributed by atoms with Gasteiger partial charge in [-0.15, -0.1) is 0 Å². The minimum Gasteiger partial charge on any atom is -0.481 e. The summed E-state index contributed by atoms with van der Waals surface area (Å²) in [5.74, 6) is -1.19. The lowest BCUT2D eigenvalue weighted by Crippen LogP contribution is -2.35. The van der Waals surface area contributed by atoms with E-state index in [9.17, 15) is 9.59 Å². The van der Waals surface area contributed by atoms with Crippen LogP contribution in [0.2, 0.25) is 0 Å². The Morgan fingerprint density at radius 1 is 1.16 bits per heavy atom. The lowest BCUT2D eigenvalue weighted by Gasteiger charge is -2.15. The van der Waals surface area contributed by atoms with Gasteiger partial charge in [0, 0.05) is 6.04 Å². The van der Waals surface area contributed by atoms with Gasteiger partial charge < -0.3 is 10.4 Å². The van der Waals surface area contributed by atoms with Crippen LogP contribution < -0.4 is 5.32 Å². The van der Waals surface area contributed by atoms with Crippen molar-refractivity contribution in [3.05, 3.63) is 0 Å². The van der Waals surface area contributed by atoms with Gasteiger partial charge >= 0.3 is 5.97 Å². The third-order valence-corrected chi connectivity index (χ3v) is 4.18. The van der Waals surface area contributed by atoms with Crippen LogP contribution in [0.5, 0.6) is 0 Å². The molecule has 1 saturated carbocycles. The molecule has 1 aliphatic rings. The first-order valence-corrected chi connectivity index (χ1v) is 7.21. The Morgan fingerprint density at radius 3 is 2.16 bits per heavy atom. The molecule has 19 heavy (non-hydrogen) atoms. The number of rotatable bonds is 7. The molecule has 4 heteroatoms. The van der Waals surface area contributed by atoms with Crippen molar-refractivity contribution in [1.29, 1.82) is 0 Å². The zero-order chi connectivity index (χ0) is 14.8. The van der Waals surface area contributed by atoms with Crippen molar-refractivity contribution in [1.82, 2.24) is 5.32 Å². The first kappa shape index (κ1) is 16.0. The quantitative estimate of drug-likeness (QED) is 0.746. The topological polar surface area (TPSA) is 66.4 Å². The molecule has 2 N–H and O–H groups in total. The molecule has 0 aromatic heterocycles. The van der Waals surface area contributed by atoms with Crippen molar-refractivity contribution in [2.75, 3.05) is 0 Å². The molecular weight excluding hydrogens is 242 g/mol. The van der Waals surface area contributed by atoms with Crippen LogP contribution in [0.1, 0.15) is 53.9 Å². The van der Waals surface area contributed by atoms with Gasteiger partial charge in [0.15, 0.2) is 0 Å². The Hall–Kier alpha value is -1.06. The van der Waals surface area contributed by atoms with E-state index in [0.29, 0.717) is 5.92 Å². The van der Waals surface area contributed by atoms with Crippen molar-refractivity contribution in [3.8, 4) is 0 Å². The SMILES string of the molecule is CC(C)CCCC(C)NC(=O)C1C(C(=O)O)C1(C)C. The number of aliphatic carboxylic acids is 1.